The topological polar surface area (TPSA) is 43.4 Å². The maximum Gasteiger partial charge on any atom is 0.265 e. The van der Waals surface area contributed by atoms with E-state index in [4.69, 9.17) is 27.0 Å². The number of allylic oxidation sites excluding steroid dienone is 1. The molecule has 0 N–H and O–H groups in total. The molecule has 0 atom stereocenters. The number of benzene rings is 1. The van der Waals surface area contributed by atoms with Crippen molar-refractivity contribution in [3.63, 3.8) is 0 Å². The van der Waals surface area contributed by atoms with Crippen LogP contribution >= 0.6 is 38.2 Å². The number of rotatable bonds is 8. The molecule has 3 nitrogen and oxygen atoms in total. The first kappa shape index (κ1) is 17.8. The van der Waals surface area contributed by atoms with Crippen molar-refractivity contribution in [1.29, 1.82) is 0 Å². The summed E-state index contributed by atoms with van der Waals surface area (Å²) in [5, 5.41) is 0.213. The van der Waals surface area contributed by atoms with Gasteiger partial charge in [-0.25, -0.2) is 8.42 Å². The molecule has 0 aliphatic heterocycles. The van der Waals surface area contributed by atoms with Crippen LogP contribution in [0.4, 0.5) is 0 Å². The molecular formula is C13H15BrCl2O3S. The Labute approximate surface area is 137 Å². The number of ether oxygens (including phenoxy) is 1. The molecule has 1 aromatic rings. The van der Waals surface area contributed by atoms with Crippen LogP contribution in [0, 0.1) is 0 Å². The van der Waals surface area contributed by atoms with E-state index in [0.717, 1.165) is 25.7 Å². The molecule has 0 heterocycles. The molecule has 0 spiro atoms. The smallest absolute Gasteiger partial charge is 0.265 e. The maximum atomic E-state index is 11.5. The van der Waals surface area contributed by atoms with Crippen molar-refractivity contribution < 1.29 is 13.2 Å². The average molecular weight is 402 g/mol. The predicted molar refractivity (Wildman–Crippen MR) is 86.4 cm³/mol. The first-order chi connectivity index (χ1) is 9.36. The van der Waals surface area contributed by atoms with Crippen molar-refractivity contribution in [2.24, 2.45) is 0 Å². The summed E-state index contributed by atoms with van der Waals surface area (Å²) in [6, 6.07) is 2.95. The number of unbranched alkanes of at least 4 members (excludes halogenated alkanes) is 3. The third kappa shape index (κ3) is 5.64. The summed E-state index contributed by atoms with van der Waals surface area (Å²) in [4.78, 5) is -0.121. The lowest BCUT2D eigenvalue weighted by Crippen LogP contribution is -2.03. The lowest BCUT2D eigenvalue weighted by atomic mass is 10.2. The summed E-state index contributed by atoms with van der Waals surface area (Å²) in [5.74, 6) is 0.105. The number of hydrogen-bond donors (Lipinski definition) is 0. The molecule has 7 heteroatoms. The summed E-state index contributed by atoms with van der Waals surface area (Å²) < 4.78 is 29.1. The van der Waals surface area contributed by atoms with Crippen LogP contribution in [0.25, 0.3) is 0 Å². The van der Waals surface area contributed by atoms with Gasteiger partial charge in [0.25, 0.3) is 9.05 Å². The second kappa shape index (κ2) is 8.27. The minimum atomic E-state index is -3.91. The molecular weight excluding hydrogens is 387 g/mol. The van der Waals surface area contributed by atoms with E-state index in [1.165, 1.54) is 6.07 Å². The van der Waals surface area contributed by atoms with Crippen molar-refractivity contribution in [3.05, 3.63) is 34.3 Å². The van der Waals surface area contributed by atoms with Crippen LogP contribution in [0.2, 0.25) is 5.02 Å². The summed E-state index contributed by atoms with van der Waals surface area (Å²) in [6.45, 7) is 4.04. The standard InChI is InChI=1S/C13H15BrCl2O3S/c1-2-3-4-5-6-7-19-13-11(15)8-10(14)9-12(13)20(16,17)18/h2,8-9H,1,3-7H2. The van der Waals surface area contributed by atoms with Gasteiger partial charge in [0.2, 0.25) is 0 Å². The Balaban J connectivity index is 2.76. The van der Waals surface area contributed by atoms with Gasteiger partial charge in [-0.3, -0.25) is 0 Å². The number of halogens is 3. The van der Waals surface area contributed by atoms with E-state index in [1.807, 2.05) is 6.08 Å². The van der Waals surface area contributed by atoms with Crippen LogP contribution in [0.3, 0.4) is 0 Å². The maximum absolute atomic E-state index is 11.5. The fraction of sp³-hybridized carbons (Fsp3) is 0.385. The highest BCUT2D eigenvalue weighted by Crippen LogP contribution is 2.37. The van der Waals surface area contributed by atoms with Gasteiger partial charge in [0, 0.05) is 15.2 Å². The molecule has 0 aliphatic rings. The zero-order valence-corrected chi connectivity index (χ0v) is 14.7. The van der Waals surface area contributed by atoms with Crippen molar-refractivity contribution in [2.45, 2.75) is 30.6 Å². The molecule has 0 fully saturated rings. The van der Waals surface area contributed by atoms with E-state index < -0.39 is 9.05 Å². The molecule has 0 aromatic heterocycles. The van der Waals surface area contributed by atoms with E-state index in [1.54, 1.807) is 6.07 Å². The minimum absolute atomic E-state index is 0.105. The van der Waals surface area contributed by atoms with Gasteiger partial charge in [0.1, 0.15) is 4.90 Å². The van der Waals surface area contributed by atoms with Crippen molar-refractivity contribution >= 4 is 47.3 Å². The second-order valence-electron chi connectivity index (χ2n) is 4.14. The van der Waals surface area contributed by atoms with E-state index in [-0.39, 0.29) is 15.7 Å². The van der Waals surface area contributed by atoms with Gasteiger partial charge < -0.3 is 4.74 Å². The molecule has 0 saturated heterocycles. The fourth-order valence-corrected chi connectivity index (χ4v) is 3.67. The Bertz CT molecular complexity index is 573. The Morgan fingerprint density at radius 1 is 1.30 bits per heavy atom. The zero-order valence-electron chi connectivity index (χ0n) is 10.7. The first-order valence-corrected chi connectivity index (χ1v) is 9.51. The molecule has 0 unspecified atom stereocenters. The molecule has 112 valence electrons. The molecule has 1 rings (SSSR count). The Kier molecular flexibility index (Phi) is 7.37. The van der Waals surface area contributed by atoms with Crippen LogP contribution in [0.5, 0.6) is 5.75 Å². The summed E-state index contributed by atoms with van der Waals surface area (Å²) >= 11 is 9.19. The van der Waals surface area contributed by atoms with Gasteiger partial charge in [-0.2, -0.15) is 0 Å². The SMILES string of the molecule is C=CCCCCCOc1c(Cl)cc(Br)cc1S(=O)(=O)Cl. The molecule has 0 amide bonds. The van der Waals surface area contributed by atoms with Gasteiger partial charge in [0.15, 0.2) is 5.75 Å². The van der Waals surface area contributed by atoms with Crippen LogP contribution in [0.1, 0.15) is 25.7 Å². The van der Waals surface area contributed by atoms with E-state index in [2.05, 4.69) is 22.5 Å². The van der Waals surface area contributed by atoms with E-state index >= 15 is 0 Å². The third-order valence-corrected chi connectivity index (χ3v) is 4.60. The lowest BCUT2D eigenvalue weighted by Gasteiger charge is -2.12. The van der Waals surface area contributed by atoms with Gasteiger partial charge in [-0.1, -0.05) is 33.6 Å². The highest BCUT2D eigenvalue weighted by molar-refractivity contribution is 9.10. The normalized spacial score (nSPS) is 11.3. The zero-order chi connectivity index (χ0) is 15.2. The van der Waals surface area contributed by atoms with Gasteiger partial charge in [0.05, 0.1) is 11.6 Å². The molecule has 0 saturated carbocycles. The molecule has 0 radical (unpaired) electrons. The molecule has 1 aromatic carbocycles. The molecule has 0 bridgehead atoms. The van der Waals surface area contributed by atoms with Crippen molar-refractivity contribution in [1.82, 2.24) is 0 Å². The monoisotopic (exact) mass is 400 g/mol. The quantitative estimate of drug-likeness (QED) is 0.343. The highest BCUT2D eigenvalue weighted by Gasteiger charge is 2.20. The van der Waals surface area contributed by atoms with Crippen molar-refractivity contribution in [2.75, 3.05) is 6.61 Å². The Hall–Kier alpha value is -0.230. The predicted octanol–water partition coefficient (Wildman–Crippen LogP) is 5.16. The average Bonchev–Trinajstić information content (AvgIpc) is 2.34. The van der Waals surface area contributed by atoms with Gasteiger partial charge >= 0.3 is 0 Å². The number of hydrogen-bond acceptors (Lipinski definition) is 3. The molecule has 20 heavy (non-hydrogen) atoms. The highest BCUT2D eigenvalue weighted by atomic mass is 79.9. The summed E-state index contributed by atoms with van der Waals surface area (Å²) in [6.07, 6.45) is 5.64. The summed E-state index contributed by atoms with van der Waals surface area (Å²) in [7, 11) is 1.48. The van der Waals surface area contributed by atoms with Gasteiger partial charge in [-0.05, 0) is 37.8 Å². The molecule has 0 aliphatic carbocycles. The van der Waals surface area contributed by atoms with Crippen LogP contribution < -0.4 is 4.74 Å². The van der Waals surface area contributed by atoms with Crippen LogP contribution in [-0.4, -0.2) is 15.0 Å². The Morgan fingerprint density at radius 2 is 2.00 bits per heavy atom. The van der Waals surface area contributed by atoms with Gasteiger partial charge in [-0.15, -0.1) is 6.58 Å². The van der Waals surface area contributed by atoms with E-state index in [0.29, 0.717) is 11.1 Å². The lowest BCUT2D eigenvalue weighted by molar-refractivity contribution is 0.298. The third-order valence-electron chi connectivity index (χ3n) is 2.54. The van der Waals surface area contributed by atoms with Crippen LogP contribution in [-0.2, 0) is 9.05 Å². The largest absolute Gasteiger partial charge is 0.491 e. The van der Waals surface area contributed by atoms with E-state index in [9.17, 15) is 8.42 Å². The fourth-order valence-electron chi connectivity index (χ4n) is 1.60. The Morgan fingerprint density at radius 3 is 2.60 bits per heavy atom. The summed E-state index contributed by atoms with van der Waals surface area (Å²) in [5.41, 5.74) is 0. The second-order valence-corrected chi connectivity index (χ2v) is 8.00. The minimum Gasteiger partial charge on any atom is -0.491 e. The first-order valence-electron chi connectivity index (χ1n) is 6.03. The van der Waals surface area contributed by atoms with Crippen molar-refractivity contribution in [3.8, 4) is 5.75 Å². The van der Waals surface area contributed by atoms with Crippen LogP contribution in [0.15, 0.2) is 34.2 Å².